The van der Waals surface area contributed by atoms with Gasteiger partial charge in [0.05, 0.1) is 6.61 Å². The third-order valence-electron chi connectivity index (χ3n) is 3.19. The van der Waals surface area contributed by atoms with Crippen molar-refractivity contribution < 1.29 is 14.6 Å². The van der Waals surface area contributed by atoms with Crippen LogP contribution < -0.4 is 4.74 Å². The van der Waals surface area contributed by atoms with Gasteiger partial charge in [-0.1, -0.05) is 44.7 Å². The standard InChI is InChI=1S/C15H21ClO3/c1-3-5-6-11(4-2)10-19-14-8-7-12(16)9-13(14)15(17)18/h7-9,11H,3-6,10H2,1-2H3,(H,17,18). The zero-order valence-corrected chi connectivity index (χ0v) is 12.2. The minimum Gasteiger partial charge on any atom is -0.492 e. The molecule has 1 aromatic rings. The molecular formula is C15H21ClO3. The molecule has 0 aliphatic heterocycles. The number of halogens is 1. The Kier molecular flexibility index (Phi) is 6.71. The number of hydrogen-bond donors (Lipinski definition) is 1. The highest BCUT2D eigenvalue weighted by atomic mass is 35.5. The first-order chi connectivity index (χ1) is 9.08. The second kappa shape index (κ2) is 8.05. The van der Waals surface area contributed by atoms with Crippen molar-refractivity contribution in [2.24, 2.45) is 5.92 Å². The van der Waals surface area contributed by atoms with Crippen LogP contribution in [0.5, 0.6) is 5.75 Å². The Morgan fingerprint density at radius 2 is 2.16 bits per heavy atom. The average molecular weight is 285 g/mol. The van der Waals surface area contributed by atoms with E-state index in [-0.39, 0.29) is 5.56 Å². The van der Waals surface area contributed by atoms with E-state index < -0.39 is 5.97 Å². The van der Waals surface area contributed by atoms with Crippen LogP contribution in [0, 0.1) is 5.92 Å². The molecule has 3 nitrogen and oxygen atoms in total. The third-order valence-corrected chi connectivity index (χ3v) is 3.42. The van der Waals surface area contributed by atoms with Gasteiger partial charge in [0.2, 0.25) is 0 Å². The van der Waals surface area contributed by atoms with Crippen LogP contribution in [0.4, 0.5) is 0 Å². The lowest BCUT2D eigenvalue weighted by Crippen LogP contribution is -2.13. The van der Waals surface area contributed by atoms with Gasteiger partial charge >= 0.3 is 5.97 Å². The zero-order chi connectivity index (χ0) is 14.3. The molecule has 1 unspecified atom stereocenters. The highest BCUT2D eigenvalue weighted by molar-refractivity contribution is 6.31. The van der Waals surface area contributed by atoms with Gasteiger partial charge in [0.15, 0.2) is 0 Å². The number of carboxylic acids is 1. The first-order valence-electron chi connectivity index (χ1n) is 6.74. The molecule has 1 aromatic carbocycles. The van der Waals surface area contributed by atoms with Gasteiger partial charge in [-0.05, 0) is 30.5 Å². The zero-order valence-electron chi connectivity index (χ0n) is 11.5. The molecular weight excluding hydrogens is 264 g/mol. The van der Waals surface area contributed by atoms with Crippen LogP contribution in [0.1, 0.15) is 49.9 Å². The largest absolute Gasteiger partial charge is 0.492 e. The molecule has 1 N–H and O–H groups in total. The van der Waals surface area contributed by atoms with E-state index in [0.29, 0.717) is 23.3 Å². The molecule has 0 bridgehead atoms. The number of aromatic carboxylic acids is 1. The minimum absolute atomic E-state index is 0.123. The van der Waals surface area contributed by atoms with Crippen molar-refractivity contribution in [3.05, 3.63) is 28.8 Å². The van der Waals surface area contributed by atoms with Gasteiger partial charge in [-0.3, -0.25) is 0 Å². The van der Waals surface area contributed by atoms with Crippen molar-refractivity contribution in [1.29, 1.82) is 0 Å². The highest BCUT2D eigenvalue weighted by Crippen LogP contribution is 2.24. The molecule has 1 rings (SSSR count). The Bertz CT molecular complexity index is 418. The maximum atomic E-state index is 11.1. The van der Waals surface area contributed by atoms with Crippen LogP contribution in [0.25, 0.3) is 0 Å². The fraction of sp³-hybridized carbons (Fsp3) is 0.533. The lowest BCUT2D eigenvalue weighted by atomic mass is 10.0. The summed E-state index contributed by atoms with van der Waals surface area (Å²) in [6, 6.07) is 4.70. The number of unbranched alkanes of at least 4 members (excludes halogenated alkanes) is 1. The van der Waals surface area contributed by atoms with E-state index in [1.54, 1.807) is 12.1 Å². The lowest BCUT2D eigenvalue weighted by molar-refractivity contribution is 0.0691. The molecule has 0 aliphatic rings. The summed E-state index contributed by atoms with van der Waals surface area (Å²) in [6.07, 6.45) is 4.49. The van der Waals surface area contributed by atoms with Crippen LogP contribution in [-0.4, -0.2) is 17.7 Å². The van der Waals surface area contributed by atoms with Crippen LogP contribution in [0.3, 0.4) is 0 Å². The predicted octanol–water partition coefficient (Wildman–Crippen LogP) is 4.63. The third kappa shape index (κ3) is 5.11. The van der Waals surface area contributed by atoms with Gasteiger partial charge in [0.1, 0.15) is 11.3 Å². The van der Waals surface area contributed by atoms with E-state index in [4.69, 9.17) is 21.4 Å². The van der Waals surface area contributed by atoms with Crippen LogP contribution in [-0.2, 0) is 0 Å². The average Bonchev–Trinajstić information content (AvgIpc) is 2.40. The summed E-state index contributed by atoms with van der Waals surface area (Å²) in [6.45, 7) is 4.84. The lowest BCUT2D eigenvalue weighted by Gasteiger charge is -2.16. The number of carbonyl (C=O) groups is 1. The van der Waals surface area contributed by atoms with Gasteiger partial charge in [0, 0.05) is 5.02 Å². The van der Waals surface area contributed by atoms with E-state index >= 15 is 0 Å². The van der Waals surface area contributed by atoms with Crippen molar-refractivity contribution in [2.75, 3.05) is 6.61 Å². The summed E-state index contributed by atoms with van der Waals surface area (Å²) < 4.78 is 5.66. The predicted molar refractivity (Wildman–Crippen MR) is 77.2 cm³/mol. The second-order valence-corrected chi connectivity index (χ2v) is 5.11. The summed E-state index contributed by atoms with van der Waals surface area (Å²) in [7, 11) is 0. The molecule has 0 aromatic heterocycles. The van der Waals surface area contributed by atoms with Crippen molar-refractivity contribution in [2.45, 2.75) is 39.5 Å². The van der Waals surface area contributed by atoms with E-state index in [1.165, 1.54) is 12.5 Å². The summed E-state index contributed by atoms with van der Waals surface area (Å²) in [4.78, 5) is 11.1. The topological polar surface area (TPSA) is 46.5 Å². The molecule has 0 saturated heterocycles. The van der Waals surface area contributed by atoms with Crippen LogP contribution in [0.15, 0.2) is 18.2 Å². The Hall–Kier alpha value is -1.22. The Morgan fingerprint density at radius 1 is 1.42 bits per heavy atom. The van der Waals surface area contributed by atoms with Crippen molar-refractivity contribution >= 4 is 17.6 Å². The molecule has 4 heteroatoms. The molecule has 1 atom stereocenters. The SMILES string of the molecule is CCCCC(CC)COc1ccc(Cl)cc1C(=O)O. The fourth-order valence-corrected chi connectivity index (χ4v) is 2.07. The molecule has 0 radical (unpaired) electrons. The van der Waals surface area contributed by atoms with E-state index in [0.717, 1.165) is 19.3 Å². The molecule has 106 valence electrons. The number of hydrogen-bond acceptors (Lipinski definition) is 2. The van der Waals surface area contributed by atoms with Crippen LogP contribution >= 0.6 is 11.6 Å². The quantitative estimate of drug-likeness (QED) is 0.757. The van der Waals surface area contributed by atoms with Crippen molar-refractivity contribution in [3.63, 3.8) is 0 Å². The van der Waals surface area contributed by atoms with E-state index in [2.05, 4.69) is 13.8 Å². The van der Waals surface area contributed by atoms with Gasteiger partial charge in [-0.15, -0.1) is 0 Å². The minimum atomic E-state index is -1.01. The highest BCUT2D eigenvalue weighted by Gasteiger charge is 2.14. The van der Waals surface area contributed by atoms with Crippen molar-refractivity contribution in [1.82, 2.24) is 0 Å². The number of benzene rings is 1. The molecule has 0 saturated carbocycles. The number of ether oxygens (including phenoxy) is 1. The van der Waals surface area contributed by atoms with Gasteiger partial charge in [-0.2, -0.15) is 0 Å². The van der Waals surface area contributed by atoms with Gasteiger partial charge < -0.3 is 9.84 Å². The smallest absolute Gasteiger partial charge is 0.339 e. The monoisotopic (exact) mass is 284 g/mol. The first kappa shape index (κ1) is 15.8. The maximum Gasteiger partial charge on any atom is 0.339 e. The molecule has 0 aliphatic carbocycles. The molecule has 0 heterocycles. The summed E-state index contributed by atoms with van der Waals surface area (Å²) >= 11 is 5.80. The summed E-state index contributed by atoms with van der Waals surface area (Å²) in [5.74, 6) is -0.150. The number of rotatable bonds is 8. The van der Waals surface area contributed by atoms with Gasteiger partial charge in [0.25, 0.3) is 0 Å². The van der Waals surface area contributed by atoms with Crippen molar-refractivity contribution in [3.8, 4) is 5.75 Å². The Balaban J connectivity index is 2.68. The fourth-order valence-electron chi connectivity index (χ4n) is 1.90. The van der Waals surface area contributed by atoms with E-state index in [1.807, 2.05) is 0 Å². The second-order valence-electron chi connectivity index (χ2n) is 4.67. The van der Waals surface area contributed by atoms with Gasteiger partial charge in [-0.25, -0.2) is 4.79 Å². The Labute approximate surface area is 119 Å². The molecule has 0 fully saturated rings. The molecule has 0 amide bonds. The van der Waals surface area contributed by atoms with E-state index in [9.17, 15) is 4.79 Å². The summed E-state index contributed by atoms with van der Waals surface area (Å²) in [5, 5.41) is 9.52. The first-order valence-corrected chi connectivity index (χ1v) is 7.11. The number of carboxylic acid groups (broad SMARTS) is 1. The molecule has 0 spiro atoms. The Morgan fingerprint density at radius 3 is 2.74 bits per heavy atom. The van der Waals surface area contributed by atoms with Crippen LogP contribution in [0.2, 0.25) is 5.02 Å². The summed E-state index contributed by atoms with van der Waals surface area (Å²) in [5.41, 5.74) is 0.123. The maximum absolute atomic E-state index is 11.1. The molecule has 19 heavy (non-hydrogen) atoms. The normalized spacial score (nSPS) is 12.2.